The summed E-state index contributed by atoms with van der Waals surface area (Å²) in [4.78, 5) is 12.3. The van der Waals surface area contributed by atoms with Gasteiger partial charge in [0.2, 0.25) is 0 Å². The smallest absolute Gasteiger partial charge is 0.199 e. The summed E-state index contributed by atoms with van der Waals surface area (Å²) >= 11 is 8.62. The molecule has 6 heteroatoms. The van der Waals surface area contributed by atoms with E-state index in [1.807, 2.05) is 0 Å². The van der Waals surface area contributed by atoms with Gasteiger partial charge in [0.05, 0.1) is 22.7 Å². The highest BCUT2D eigenvalue weighted by molar-refractivity contribution is 9.10. The Labute approximate surface area is 127 Å². The summed E-state index contributed by atoms with van der Waals surface area (Å²) in [6, 6.07) is 6.04. The Morgan fingerprint density at radius 1 is 1.15 bits per heavy atom. The van der Waals surface area contributed by atoms with Crippen LogP contribution in [0.3, 0.4) is 0 Å². The molecule has 0 unspecified atom stereocenters. The maximum Gasteiger partial charge on any atom is 0.199 e. The van der Waals surface area contributed by atoms with Crippen LogP contribution in [-0.2, 0) is 0 Å². The molecular weight excluding hydrogens is 354 g/mol. The molecule has 2 aromatic carbocycles. The van der Waals surface area contributed by atoms with Gasteiger partial charge in [0.25, 0.3) is 0 Å². The predicted molar refractivity (Wildman–Crippen MR) is 75.5 cm³/mol. The summed E-state index contributed by atoms with van der Waals surface area (Å²) < 4.78 is 32.2. The number of ketones is 1. The molecular formula is C14H8BrClF2O2. The standard InChI is InChI=1S/C14H8BrClF2O2/c1-20-13-6-12(18)10(15)5-9(13)14(19)8-3-2-7(16)4-11(8)17/h2-6H,1H3. The van der Waals surface area contributed by atoms with Crippen LogP contribution < -0.4 is 4.74 Å². The molecule has 2 aromatic rings. The van der Waals surface area contributed by atoms with E-state index in [1.54, 1.807) is 0 Å². The first-order chi connectivity index (χ1) is 9.43. The summed E-state index contributed by atoms with van der Waals surface area (Å²) in [5.74, 6) is -1.90. The molecule has 0 radical (unpaired) electrons. The molecule has 0 saturated carbocycles. The first-order valence-corrected chi connectivity index (χ1v) is 6.64. The third kappa shape index (κ3) is 2.83. The lowest BCUT2D eigenvalue weighted by molar-refractivity contribution is 0.103. The van der Waals surface area contributed by atoms with Gasteiger partial charge in [-0.2, -0.15) is 0 Å². The maximum atomic E-state index is 13.8. The van der Waals surface area contributed by atoms with E-state index in [2.05, 4.69) is 15.9 Å². The van der Waals surface area contributed by atoms with Crippen LogP contribution in [0.5, 0.6) is 5.75 Å². The number of halogens is 4. The zero-order valence-corrected chi connectivity index (χ0v) is 12.6. The molecule has 104 valence electrons. The number of carbonyl (C=O) groups excluding carboxylic acids is 1. The van der Waals surface area contributed by atoms with Crippen LogP contribution in [0.2, 0.25) is 5.02 Å². The molecule has 20 heavy (non-hydrogen) atoms. The van der Waals surface area contributed by atoms with Crippen molar-refractivity contribution in [1.29, 1.82) is 0 Å². The Balaban J connectivity index is 2.55. The van der Waals surface area contributed by atoms with E-state index < -0.39 is 17.4 Å². The minimum Gasteiger partial charge on any atom is -0.496 e. The molecule has 0 aliphatic carbocycles. The molecule has 0 N–H and O–H groups in total. The summed E-state index contributed by atoms with van der Waals surface area (Å²) in [7, 11) is 1.30. The molecule has 0 spiro atoms. The van der Waals surface area contributed by atoms with Crippen molar-refractivity contribution < 1.29 is 18.3 Å². The van der Waals surface area contributed by atoms with E-state index in [0.717, 1.165) is 12.1 Å². The largest absolute Gasteiger partial charge is 0.496 e. The molecule has 0 heterocycles. The molecule has 0 amide bonds. The van der Waals surface area contributed by atoms with E-state index in [0.29, 0.717) is 0 Å². The third-order valence-corrected chi connectivity index (χ3v) is 3.51. The average Bonchev–Trinajstić information content (AvgIpc) is 2.40. The van der Waals surface area contributed by atoms with Crippen molar-refractivity contribution in [2.24, 2.45) is 0 Å². The van der Waals surface area contributed by atoms with Crippen LogP contribution in [0, 0.1) is 11.6 Å². The van der Waals surface area contributed by atoms with Gasteiger partial charge in [-0.3, -0.25) is 4.79 Å². The van der Waals surface area contributed by atoms with Crippen molar-refractivity contribution in [2.75, 3.05) is 7.11 Å². The molecule has 2 nitrogen and oxygen atoms in total. The molecule has 2 rings (SSSR count). The fraction of sp³-hybridized carbons (Fsp3) is 0.0714. The van der Waals surface area contributed by atoms with Crippen molar-refractivity contribution in [3.05, 3.63) is 62.6 Å². The van der Waals surface area contributed by atoms with Gasteiger partial charge >= 0.3 is 0 Å². The molecule has 0 fully saturated rings. The Kier molecular flexibility index (Phi) is 4.40. The molecule has 0 aromatic heterocycles. The van der Waals surface area contributed by atoms with Crippen LogP contribution in [0.15, 0.2) is 34.8 Å². The maximum absolute atomic E-state index is 13.8. The van der Waals surface area contributed by atoms with Crippen molar-refractivity contribution in [1.82, 2.24) is 0 Å². The molecule has 0 bridgehead atoms. The number of benzene rings is 2. The number of hydrogen-bond acceptors (Lipinski definition) is 2. The lowest BCUT2D eigenvalue weighted by Gasteiger charge is -2.09. The molecule has 0 aliphatic heterocycles. The molecule has 0 atom stereocenters. The Bertz CT molecular complexity index is 689. The lowest BCUT2D eigenvalue weighted by Crippen LogP contribution is -2.07. The van der Waals surface area contributed by atoms with Gasteiger partial charge in [-0.1, -0.05) is 11.6 Å². The van der Waals surface area contributed by atoms with E-state index in [1.165, 1.54) is 25.3 Å². The topological polar surface area (TPSA) is 26.3 Å². The summed E-state index contributed by atoms with van der Waals surface area (Å²) in [5, 5.41) is 0.186. The minimum atomic E-state index is -0.745. The zero-order valence-electron chi connectivity index (χ0n) is 10.2. The molecule has 0 saturated heterocycles. The Hall–Kier alpha value is -1.46. The van der Waals surface area contributed by atoms with Gasteiger partial charge in [-0.05, 0) is 40.2 Å². The van der Waals surface area contributed by atoms with Crippen LogP contribution in [0.4, 0.5) is 8.78 Å². The van der Waals surface area contributed by atoms with Crippen molar-refractivity contribution in [2.45, 2.75) is 0 Å². The van der Waals surface area contributed by atoms with E-state index in [9.17, 15) is 13.6 Å². The van der Waals surface area contributed by atoms with Crippen LogP contribution in [0.1, 0.15) is 15.9 Å². The number of methoxy groups -OCH3 is 1. The normalized spacial score (nSPS) is 10.4. The van der Waals surface area contributed by atoms with Crippen molar-refractivity contribution in [3.8, 4) is 5.75 Å². The second kappa shape index (κ2) is 5.89. The first-order valence-electron chi connectivity index (χ1n) is 5.47. The van der Waals surface area contributed by atoms with Gasteiger partial charge in [0.1, 0.15) is 17.4 Å². The highest BCUT2D eigenvalue weighted by atomic mass is 79.9. The highest BCUT2D eigenvalue weighted by Gasteiger charge is 2.20. The van der Waals surface area contributed by atoms with Gasteiger partial charge < -0.3 is 4.74 Å². The second-order valence-corrected chi connectivity index (χ2v) is 5.21. The highest BCUT2D eigenvalue weighted by Crippen LogP contribution is 2.29. The van der Waals surface area contributed by atoms with Gasteiger partial charge in [-0.25, -0.2) is 8.78 Å². The fourth-order valence-electron chi connectivity index (χ4n) is 1.69. The number of rotatable bonds is 3. The Morgan fingerprint density at radius 3 is 2.45 bits per heavy atom. The van der Waals surface area contributed by atoms with Gasteiger partial charge in [-0.15, -0.1) is 0 Å². The second-order valence-electron chi connectivity index (χ2n) is 3.92. The first kappa shape index (κ1) is 14.9. The SMILES string of the molecule is COc1cc(F)c(Br)cc1C(=O)c1ccc(Cl)cc1F. The predicted octanol–water partition coefficient (Wildman–Crippen LogP) is 4.62. The number of carbonyl (C=O) groups is 1. The number of ether oxygens (including phenoxy) is 1. The Morgan fingerprint density at radius 2 is 1.85 bits per heavy atom. The van der Waals surface area contributed by atoms with Crippen LogP contribution in [-0.4, -0.2) is 12.9 Å². The van der Waals surface area contributed by atoms with Crippen LogP contribution in [0.25, 0.3) is 0 Å². The quantitative estimate of drug-likeness (QED) is 0.746. The summed E-state index contributed by atoms with van der Waals surface area (Å²) in [6.45, 7) is 0. The summed E-state index contributed by atoms with van der Waals surface area (Å²) in [6.07, 6.45) is 0. The van der Waals surface area contributed by atoms with E-state index >= 15 is 0 Å². The van der Waals surface area contributed by atoms with Gasteiger partial charge in [0.15, 0.2) is 5.78 Å². The van der Waals surface area contributed by atoms with Crippen molar-refractivity contribution >= 4 is 33.3 Å². The van der Waals surface area contributed by atoms with E-state index in [4.69, 9.17) is 16.3 Å². The van der Waals surface area contributed by atoms with E-state index in [-0.39, 0.29) is 26.4 Å². The molecule has 0 aliphatic rings. The zero-order chi connectivity index (χ0) is 14.9. The monoisotopic (exact) mass is 360 g/mol. The van der Waals surface area contributed by atoms with Crippen molar-refractivity contribution in [3.63, 3.8) is 0 Å². The average molecular weight is 362 g/mol. The fourth-order valence-corrected chi connectivity index (χ4v) is 2.20. The summed E-state index contributed by atoms with van der Waals surface area (Å²) in [5.41, 5.74) is -0.104. The minimum absolute atomic E-state index is 0.0325. The lowest BCUT2D eigenvalue weighted by atomic mass is 10.0. The van der Waals surface area contributed by atoms with Crippen LogP contribution >= 0.6 is 27.5 Å². The third-order valence-electron chi connectivity index (χ3n) is 2.66. The van der Waals surface area contributed by atoms with Gasteiger partial charge in [0, 0.05) is 11.1 Å². The number of hydrogen-bond donors (Lipinski definition) is 0.